The second-order valence-electron chi connectivity index (χ2n) is 8.77. The molecule has 0 aliphatic carbocycles. The summed E-state index contributed by atoms with van der Waals surface area (Å²) in [5.41, 5.74) is 2.14. The summed E-state index contributed by atoms with van der Waals surface area (Å²) in [6, 6.07) is 4.22. The Morgan fingerprint density at radius 1 is 0.952 bits per heavy atom. The van der Waals surface area contributed by atoms with Crippen molar-refractivity contribution in [2.75, 3.05) is 0 Å². The first-order valence-corrected chi connectivity index (χ1v) is 7.72. The molecule has 0 bridgehead atoms. The Labute approximate surface area is 130 Å². The highest BCUT2D eigenvalue weighted by Gasteiger charge is 2.20. The SMILES string of the molecule is CC(C)(C)NCc1cc(OC(C)(C)C)nc(C(C)(C)C)c1. The van der Waals surface area contributed by atoms with Crippen LogP contribution in [0.3, 0.4) is 0 Å². The van der Waals surface area contributed by atoms with Crippen LogP contribution in [0.15, 0.2) is 12.1 Å². The summed E-state index contributed by atoms with van der Waals surface area (Å²) >= 11 is 0. The molecule has 0 fully saturated rings. The van der Waals surface area contributed by atoms with E-state index in [0.29, 0.717) is 5.88 Å². The van der Waals surface area contributed by atoms with Gasteiger partial charge in [0.1, 0.15) is 5.60 Å². The minimum atomic E-state index is -0.238. The lowest BCUT2D eigenvalue weighted by Crippen LogP contribution is -2.35. The molecule has 1 aromatic heterocycles. The van der Waals surface area contributed by atoms with Crippen LogP contribution in [-0.4, -0.2) is 16.1 Å². The Hall–Kier alpha value is -1.09. The molecule has 0 spiro atoms. The Kier molecular flexibility index (Phi) is 5.09. The molecular weight excluding hydrogens is 260 g/mol. The van der Waals surface area contributed by atoms with E-state index in [2.05, 4.69) is 57.9 Å². The van der Waals surface area contributed by atoms with Crippen LogP contribution in [0.5, 0.6) is 5.88 Å². The number of hydrogen-bond acceptors (Lipinski definition) is 3. The lowest BCUT2D eigenvalue weighted by atomic mass is 9.90. The first kappa shape index (κ1) is 18.0. The first-order valence-electron chi connectivity index (χ1n) is 7.72. The van der Waals surface area contributed by atoms with Crippen molar-refractivity contribution in [3.8, 4) is 5.88 Å². The van der Waals surface area contributed by atoms with E-state index in [0.717, 1.165) is 12.2 Å². The molecule has 0 atom stereocenters. The zero-order valence-electron chi connectivity index (χ0n) is 15.2. The molecule has 1 N–H and O–H groups in total. The van der Waals surface area contributed by atoms with Gasteiger partial charge in [-0.05, 0) is 53.2 Å². The predicted molar refractivity (Wildman–Crippen MR) is 89.9 cm³/mol. The van der Waals surface area contributed by atoms with Gasteiger partial charge in [-0.1, -0.05) is 20.8 Å². The number of rotatable bonds is 3. The molecule has 1 rings (SSSR count). The number of nitrogens with one attached hydrogen (secondary N) is 1. The minimum Gasteiger partial charge on any atom is -0.472 e. The standard InChI is InChI=1S/C18H32N2O/c1-16(2,3)14-10-13(12-19-17(4,5)6)11-15(20-14)21-18(7,8)9/h10-11,19H,12H2,1-9H3. The van der Waals surface area contributed by atoms with Crippen LogP contribution in [0, 0.1) is 0 Å². The molecule has 0 amide bonds. The fourth-order valence-corrected chi connectivity index (χ4v) is 1.78. The fraction of sp³-hybridized carbons (Fsp3) is 0.722. The molecular formula is C18H32N2O. The zero-order valence-corrected chi connectivity index (χ0v) is 15.2. The van der Waals surface area contributed by atoms with Crippen molar-refractivity contribution in [3.63, 3.8) is 0 Å². The molecule has 0 aliphatic heterocycles. The Bertz CT molecular complexity index is 473. The van der Waals surface area contributed by atoms with Gasteiger partial charge in [-0.2, -0.15) is 0 Å². The van der Waals surface area contributed by atoms with Crippen LogP contribution in [0.25, 0.3) is 0 Å². The number of aromatic nitrogens is 1. The number of pyridine rings is 1. The van der Waals surface area contributed by atoms with Gasteiger partial charge >= 0.3 is 0 Å². The van der Waals surface area contributed by atoms with E-state index in [1.54, 1.807) is 0 Å². The third-order valence-corrected chi connectivity index (χ3v) is 2.86. The van der Waals surface area contributed by atoms with Crippen molar-refractivity contribution in [3.05, 3.63) is 23.4 Å². The van der Waals surface area contributed by atoms with Crippen molar-refractivity contribution >= 4 is 0 Å². The second-order valence-corrected chi connectivity index (χ2v) is 8.77. The van der Waals surface area contributed by atoms with Gasteiger partial charge < -0.3 is 10.1 Å². The van der Waals surface area contributed by atoms with Gasteiger partial charge in [0.05, 0.1) is 5.69 Å². The highest BCUT2D eigenvalue weighted by atomic mass is 16.5. The minimum absolute atomic E-state index is 0.00768. The fourth-order valence-electron chi connectivity index (χ4n) is 1.78. The van der Waals surface area contributed by atoms with Gasteiger partial charge in [-0.15, -0.1) is 0 Å². The van der Waals surface area contributed by atoms with Gasteiger partial charge in [0, 0.05) is 23.6 Å². The molecule has 120 valence electrons. The highest BCUT2D eigenvalue weighted by Crippen LogP contribution is 2.26. The van der Waals surface area contributed by atoms with E-state index in [1.165, 1.54) is 5.56 Å². The normalized spacial score (nSPS) is 13.4. The average molecular weight is 292 g/mol. The smallest absolute Gasteiger partial charge is 0.214 e. The van der Waals surface area contributed by atoms with Crippen molar-refractivity contribution in [2.24, 2.45) is 0 Å². The molecule has 3 heteroatoms. The number of hydrogen-bond donors (Lipinski definition) is 1. The summed E-state index contributed by atoms with van der Waals surface area (Å²) in [5.74, 6) is 0.709. The third kappa shape index (κ3) is 6.94. The van der Waals surface area contributed by atoms with Gasteiger partial charge in [0.2, 0.25) is 5.88 Å². The van der Waals surface area contributed by atoms with Crippen molar-refractivity contribution in [1.29, 1.82) is 0 Å². The molecule has 0 radical (unpaired) electrons. The largest absolute Gasteiger partial charge is 0.472 e. The Morgan fingerprint density at radius 2 is 1.52 bits per heavy atom. The van der Waals surface area contributed by atoms with Crippen LogP contribution in [-0.2, 0) is 12.0 Å². The number of nitrogens with zero attached hydrogens (tertiary/aromatic N) is 1. The molecule has 0 saturated carbocycles. The van der Waals surface area contributed by atoms with E-state index >= 15 is 0 Å². The second kappa shape index (κ2) is 5.96. The van der Waals surface area contributed by atoms with Crippen molar-refractivity contribution < 1.29 is 4.74 Å². The van der Waals surface area contributed by atoms with Gasteiger partial charge in [0.15, 0.2) is 0 Å². The monoisotopic (exact) mass is 292 g/mol. The van der Waals surface area contributed by atoms with Crippen LogP contribution < -0.4 is 10.1 Å². The molecule has 0 aromatic carbocycles. The quantitative estimate of drug-likeness (QED) is 0.894. The van der Waals surface area contributed by atoms with E-state index < -0.39 is 0 Å². The molecule has 0 saturated heterocycles. The lowest BCUT2D eigenvalue weighted by molar-refractivity contribution is 0.123. The maximum Gasteiger partial charge on any atom is 0.214 e. The highest BCUT2D eigenvalue weighted by molar-refractivity contribution is 5.29. The third-order valence-electron chi connectivity index (χ3n) is 2.86. The molecule has 21 heavy (non-hydrogen) atoms. The van der Waals surface area contributed by atoms with E-state index in [-0.39, 0.29) is 16.6 Å². The maximum atomic E-state index is 5.97. The van der Waals surface area contributed by atoms with Gasteiger partial charge in [-0.3, -0.25) is 0 Å². The van der Waals surface area contributed by atoms with Gasteiger partial charge in [0.25, 0.3) is 0 Å². The van der Waals surface area contributed by atoms with Crippen molar-refractivity contribution in [2.45, 2.75) is 85.4 Å². The summed E-state index contributed by atoms with van der Waals surface area (Å²) in [7, 11) is 0. The van der Waals surface area contributed by atoms with Crippen LogP contribution >= 0.6 is 0 Å². The molecule has 1 aromatic rings. The summed E-state index contributed by atoms with van der Waals surface area (Å²) in [4.78, 5) is 4.68. The summed E-state index contributed by atoms with van der Waals surface area (Å²) in [5, 5.41) is 3.52. The molecule has 0 aliphatic rings. The van der Waals surface area contributed by atoms with E-state index in [1.807, 2.05) is 26.8 Å². The molecule has 1 heterocycles. The van der Waals surface area contributed by atoms with E-state index in [9.17, 15) is 0 Å². The Morgan fingerprint density at radius 3 is 1.95 bits per heavy atom. The van der Waals surface area contributed by atoms with E-state index in [4.69, 9.17) is 4.74 Å². The lowest BCUT2D eigenvalue weighted by Gasteiger charge is -2.25. The van der Waals surface area contributed by atoms with Crippen molar-refractivity contribution in [1.82, 2.24) is 10.3 Å². The molecule has 0 unspecified atom stereocenters. The zero-order chi connectivity index (χ0) is 16.5. The van der Waals surface area contributed by atoms with Gasteiger partial charge in [-0.25, -0.2) is 4.98 Å². The first-order chi connectivity index (χ1) is 9.26. The summed E-state index contributed by atoms with van der Waals surface area (Å²) in [6.45, 7) is 20.0. The predicted octanol–water partition coefficient (Wildman–Crippen LogP) is 4.44. The average Bonchev–Trinajstić information content (AvgIpc) is 2.21. The van der Waals surface area contributed by atoms with Crippen LogP contribution in [0.1, 0.15) is 73.6 Å². The topological polar surface area (TPSA) is 34.1 Å². The van der Waals surface area contributed by atoms with Crippen LogP contribution in [0.4, 0.5) is 0 Å². The van der Waals surface area contributed by atoms with Crippen LogP contribution in [0.2, 0.25) is 0 Å². The maximum absolute atomic E-state index is 5.97. The number of ether oxygens (including phenoxy) is 1. The summed E-state index contributed by atoms with van der Waals surface area (Å²) < 4.78 is 5.97. The molecule has 3 nitrogen and oxygen atoms in total. The Balaban J connectivity index is 3.10. The summed E-state index contributed by atoms with van der Waals surface area (Å²) in [6.07, 6.45) is 0.